The number of nitrogens with one attached hydrogen (secondary N) is 1. The highest BCUT2D eigenvalue weighted by atomic mass is 32.2. The van der Waals surface area contributed by atoms with E-state index in [9.17, 15) is 13.2 Å². The average molecular weight is 460 g/mol. The summed E-state index contributed by atoms with van der Waals surface area (Å²) in [5.41, 5.74) is 3.63. The number of thioether (sulfide) groups is 1. The number of anilines is 2. The van der Waals surface area contributed by atoms with Crippen molar-refractivity contribution in [1.82, 2.24) is 0 Å². The van der Waals surface area contributed by atoms with Crippen LogP contribution in [0.1, 0.15) is 11.1 Å². The summed E-state index contributed by atoms with van der Waals surface area (Å²) in [7, 11) is -1.57. The lowest BCUT2D eigenvalue weighted by atomic mass is 10.1. The number of carbonyl (C=O) groups excluding carboxylic acids is 1. The van der Waals surface area contributed by atoms with Crippen molar-refractivity contribution in [3.63, 3.8) is 0 Å². The van der Waals surface area contributed by atoms with Gasteiger partial charge >= 0.3 is 0 Å². The number of amidine groups is 1. The number of aliphatic imine (C=N–C) groups is 1. The second-order valence-electron chi connectivity index (χ2n) is 7.82. The number of carbonyl (C=O) groups is 1. The van der Waals surface area contributed by atoms with Gasteiger partial charge < -0.3 is 15.0 Å². The smallest absolute Gasteiger partial charge is 0.234 e. The Kier molecular flexibility index (Phi) is 5.98. The highest BCUT2D eigenvalue weighted by Crippen LogP contribution is 2.39. The van der Waals surface area contributed by atoms with Crippen LogP contribution in [0.25, 0.3) is 0 Å². The number of amides is 1. The molecule has 2 aliphatic heterocycles. The maximum absolute atomic E-state index is 12.6. The first kappa shape index (κ1) is 21.7. The van der Waals surface area contributed by atoms with Crippen LogP contribution in [0.15, 0.2) is 47.5 Å². The molecule has 7 nitrogen and oxygen atoms in total. The third kappa shape index (κ3) is 4.57. The molecule has 2 aliphatic rings. The molecule has 164 valence electrons. The number of aryl methyl sites for hydroxylation is 2. The summed E-state index contributed by atoms with van der Waals surface area (Å²) in [5.74, 6) is 0.746. The molecule has 0 radical (unpaired) electrons. The van der Waals surface area contributed by atoms with Crippen molar-refractivity contribution < 1.29 is 17.9 Å². The Hall–Kier alpha value is -2.52. The van der Waals surface area contributed by atoms with E-state index in [0.29, 0.717) is 10.9 Å². The van der Waals surface area contributed by atoms with Gasteiger partial charge in [0.05, 0.1) is 42.1 Å². The molecule has 1 N–H and O–H groups in total. The molecule has 0 saturated carbocycles. The Morgan fingerprint density at radius 1 is 1.23 bits per heavy atom. The molecule has 4 rings (SSSR count). The molecule has 1 fully saturated rings. The minimum atomic E-state index is -3.15. The molecule has 31 heavy (non-hydrogen) atoms. The number of methoxy groups -OCH3 is 1. The molecule has 0 aliphatic carbocycles. The molecule has 9 heteroatoms. The van der Waals surface area contributed by atoms with Crippen LogP contribution in [-0.2, 0) is 14.6 Å². The summed E-state index contributed by atoms with van der Waals surface area (Å²) in [6, 6.07) is 12.8. The zero-order valence-corrected chi connectivity index (χ0v) is 19.3. The molecule has 1 amide bonds. The van der Waals surface area contributed by atoms with E-state index in [-0.39, 0.29) is 35.2 Å². The van der Waals surface area contributed by atoms with Crippen LogP contribution >= 0.6 is 11.8 Å². The van der Waals surface area contributed by atoms with E-state index in [1.807, 2.05) is 61.2 Å². The zero-order valence-electron chi connectivity index (χ0n) is 17.7. The standard InChI is InChI=1S/C22H25N3O4S2/c1-14-8-9-15(2)16(10-14)23-21(26)11-30-22-24-17-12-31(27,28)13-19(17)25(22)18-6-4-5-7-20(18)29-3/h4-10,17,19H,11-13H2,1-3H3,(H,23,26)/t17-,19+/m1/s1. The number of hydrogen-bond donors (Lipinski definition) is 1. The number of fused-ring (bicyclic) bond motifs is 1. The largest absolute Gasteiger partial charge is 0.495 e. The summed E-state index contributed by atoms with van der Waals surface area (Å²) in [5, 5.41) is 3.61. The Bertz CT molecular complexity index is 1150. The molecule has 2 aromatic rings. The third-order valence-electron chi connectivity index (χ3n) is 5.45. The van der Waals surface area contributed by atoms with Crippen molar-refractivity contribution in [3.8, 4) is 5.75 Å². The van der Waals surface area contributed by atoms with Crippen molar-refractivity contribution in [2.45, 2.75) is 25.9 Å². The van der Waals surface area contributed by atoms with Gasteiger partial charge in [0.1, 0.15) is 5.75 Å². The van der Waals surface area contributed by atoms with Crippen molar-refractivity contribution in [2.24, 2.45) is 4.99 Å². The Balaban J connectivity index is 1.54. The molecule has 1 saturated heterocycles. The number of hydrogen-bond acceptors (Lipinski definition) is 7. The van der Waals surface area contributed by atoms with Crippen LogP contribution in [0.3, 0.4) is 0 Å². The molecule has 2 heterocycles. The Labute approximate surface area is 186 Å². The Morgan fingerprint density at radius 3 is 2.77 bits per heavy atom. The van der Waals surface area contributed by atoms with Gasteiger partial charge in [-0.25, -0.2) is 8.42 Å². The van der Waals surface area contributed by atoms with Crippen LogP contribution < -0.4 is 15.0 Å². The predicted octanol–water partition coefficient (Wildman–Crippen LogP) is 3.03. The minimum Gasteiger partial charge on any atom is -0.495 e. The van der Waals surface area contributed by atoms with E-state index >= 15 is 0 Å². The number of rotatable bonds is 5. The normalized spacial score (nSPS) is 21.5. The first-order valence-corrected chi connectivity index (χ1v) is 12.8. The third-order valence-corrected chi connectivity index (χ3v) is 8.12. The van der Waals surface area contributed by atoms with Gasteiger partial charge in [-0.1, -0.05) is 36.0 Å². The van der Waals surface area contributed by atoms with Crippen LogP contribution in [0.4, 0.5) is 11.4 Å². The van der Waals surface area contributed by atoms with Crippen molar-refractivity contribution >= 4 is 44.0 Å². The lowest BCUT2D eigenvalue weighted by Gasteiger charge is -2.27. The van der Waals surface area contributed by atoms with Crippen molar-refractivity contribution in [1.29, 1.82) is 0 Å². The zero-order chi connectivity index (χ0) is 22.2. The van der Waals surface area contributed by atoms with Crippen LogP contribution in [0, 0.1) is 13.8 Å². The fourth-order valence-corrected chi connectivity index (χ4v) is 6.69. The molecule has 2 aromatic carbocycles. The van der Waals surface area contributed by atoms with E-state index in [1.165, 1.54) is 11.8 Å². The number of benzene rings is 2. The van der Waals surface area contributed by atoms with Crippen LogP contribution in [0.5, 0.6) is 5.75 Å². The van der Waals surface area contributed by atoms with Gasteiger partial charge in [0.15, 0.2) is 15.0 Å². The van der Waals surface area contributed by atoms with E-state index in [1.54, 1.807) is 7.11 Å². The van der Waals surface area contributed by atoms with Gasteiger partial charge in [-0.05, 0) is 43.2 Å². The molecule has 0 unspecified atom stereocenters. The number of ether oxygens (including phenoxy) is 1. The first-order chi connectivity index (χ1) is 14.8. The molecular weight excluding hydrogens is 434 g/mol. The van der Waals surface area contributed by atoms with Crippen molar-refractivity contribution in [3.05, 3.63) is 53.6 Å². The van der Waals surface area contributed by atoms with E-state index in [0.717, 1.165) is 22.5 Å². The lowest BCUT2D eigenvalue weighted by Crippen LogP contribution is -2.39. The maximum atomic E-state index is 12.6. The average Bonchev–Trinajstić information content (AvgIpc) is 3.20. The van der Waals surface area contributed by atoms with Crippen LogP contribution in [-0.4, -0.2) is 55.9 Å². The molecule has 0 spiro atoms. The van der Waals surface area contributed by atoms with Crippen LogP contribution in [0.2, 0.25) is 0 Å². The van der Waals surface area contributed by atoms with Gasteiger partial charge in [0, 0.05) is 5.69 Å². The maximum Gasteiger partial charge on any atom is 0.234 e. The molecule has 0 bridgehead atoms. The quantitative estimate of drug-likeness (QED) is 0.740. The number of sulfone groups is 1. The highest BCUT2D eigenvalue weighted by Gasteiger charge is 2.47. The van der Waals surface area contributed by atoms with Crippen molar-refractivity contribution in [2.75, 3.05) is 34.6 Å². The highest BCUT2D eigenvalue weighted by molar-refractivity contribution is 8.14. The molecule has 2 atom stereocenters. The Morgan fingerprint density at radius 2 is 2.00 bits per heavy atom. The van der Waals surface area contributed by atoms with E-state index in [4.69, 9.17) is 4.74 Å². The second kappa shape index (κ2) is 8.55. The van der Waals surface area contributed by atoms with E-state index in [2.05, 4.69) is 10.3 Å². The van der Waals surface area contributed by atoms with Gasteiger partial charge in [-0.3, -0.25) is 9.79 Å². The summed E-state index contributed by atoms with van der Waals surface area (Å²) < 4.78 is 29.9. The van der Waals surface area contributed by atoms with Gasteiger partial charge in [-0.2, -0.15) is 0 Å². The summed E-state index contributed by atoms with van der Waals surface area (Å²) in [6.45, 7) is 3.93. The lowest BCUT2D eigenvalue weighted by molar-refractivity contribution is -0.113. The minimum absolute atomic E-state index is 0.0298. The van der Waals surface area contributed by atoms with Gasteiger partial charge in [-0.15, -0.1) is 0 Å². The fourth-order valence-electron chi connectivity index (χ4n) is 3.93. The predicted molar refractivity (Wildman–Crippen MR) is 126 cm³/mol. The SMILES string of the molecule is COc1ccccc1N1C(SCC(=O)Nc2cc(C)ccc2C)=N[C@@H]2CS(=O)(=O)C[C@@H]21. The van der Waals surface area contributed by atoms with E-state index < -0.39 is 9.84 Å². The number of nitrogens with zero attached hydrogens (tertiary/aromatic N) is 2. The molecule has 0 aromatic heterocycles. The summed E-state index contributed by atoms with van der Waals surface area (Å²) in [6.07, 6.45) is 0. The summed E-state index contributed by atoms with van der Waals surface area (Å²) in [4.78, 5) is 19.2. The fraction of sp³-hybridized carbons (Fsp3) is 0.364. The monoisotopic (exact) mass is 459 g/mol. The van der Waals surface area contributed by atoms with Gasteiger partial charge in [0.2, 0.25) is 5.91 Å². The second-order valence-corrected chi connectivity index (χ2v) is 10.9. The summed E-state index contributed by atoms with van der Waals surface area (Å²) >= 11 is 1.31. The van der Waals surface area contributed by atoms with Gasteiger partial charge in [0.25, 0.3) is 0 Å². The molecular formula is C22H25N3O4S2. The topological polar surface area (TPSA) is 88.1 Å². The number of para-hydroxylation sites is 2. The first-order valence-electron chi connectivity index (χ1n) is 9.98.